The average molecular weight is 477 g/mol. The summed E-state index contributed by atoms with van der Waals surface area (Å²) in [6.07, 6.45) is 4.67. The molecule has 0 radical (unpaired) electrons. The van der Waals surface area contributed by atoms with Crippen molar-refractivity contribution in [2.75, 3.05) is 25.0 Å². The van der Waals surface area contributed by atoms with Crippen molar-refractivity contribution in [1.29, 1.82) is 5.26 Å². The van der Waals surface area contributed by atoms with Crippen LogP contribution in [-0.2, 0) is 4.74 Å². The molecule has 2 aromatic carbocycles. The van der Waals surface area contributed by atoms with Crippen LogP contribution in [0.1, 0.15) is 55.1 Å². The lowest BCUT2D eigenvalue weighted by molar-refractivity contribution is 0.0126. The third-order valence-corrected chi connectivity index (χ3v) is 5.38. The number of ether oxygens (including phenoxy) is 2. The number of primary amides is 1. The number of carbonyl (C=O) groups excluding carboxylic acids is 2. The Morgan fingerprint density at radius 3 is 2.60 bits per heavy atom. The number of rotatable bonds is 7. The third kappa shape index (κ3) is 7.78. The maximum Gasteiger partial charge on any atom is 0.410 e. The molecule has 3 N–H and O–H groups in total. The Balaban J connectivity index is 1.56. The zero-order chi connectivity index (χ0) is 25.4. The van der Waals surface area contributed by atoms with Gasteiger partial charge in [-0.15, -0.1) is 0 Å². The number of benzene rings is 2. The Bertz CT molecular complexity index is 1120. The number of anilines is 1. The molecule has 0 bridgehead atoms. The molecule has 1 heterocycles. The minimum absolute atomic E-state index is 0.127. The molecule has 184 valence electrons. The lowest BCUT2D eigenvalue weighted by Gasteiger charge is -2.33. The second-order valence-corrected chi connectivity index (χ2v) is 9.38. The van der Waals surface area contributed by atoms with Gasteiger partial charge in [0.25, 0.3) is 5.91 Å². The standard InChI is InChI=1S/C27H32N4O4/c1-27(2,3)35-26(33)31-14-11-22(12-15-31)34-24-10-9-21(17-23(24)25(29)32)30-13-5-8-19-6-4-7-20(16-19)18-28/h4-10,16-17,22,30H,11-15H2,1-3H3,(H2,29,32). The van der Waals surface area contributed by atoms with Gasteiger partial charge >= 0.3 is 6.09 Å². The quantitative estimate of drug-likeness (QED) is 0.605. The highest BCUT2D eigenvalue weighted by Gasteiger charge is 2.28. The minimum atomic E-state index is -0.571. The fourth-order valence-corrected chi connectivity index (χ4v) is 3.68. The van der Waals surface area contributed by atoms with E-state index in [1.54, 1.807) is 23.1 Å². The Hall–Kier alpha value is -3.99. The van der Waals surface area contributed by atoms with Gasteiger partial charge in [-0.05, 0) is 56.7 Å². The summed E-state index contributed by atoms with van der Waals surface area (Å²) in [6, 6.07) is 14.7. The van der Waals surface area contributed by atoms with E-state index in [1.165, 1.54) is 0 Å². The molecule has 1 saturated heterocycles. The molecule has 0 aromatic heterocycles. The number of amides is 2. The van der Waals surface area contributed by atoms with Crippen molar-refractivity contribution in [2.45, 2.75) is 45.3 Å². The van der Waals surface area contributed by atoms with Crippen molar-refractivity contribution in [3.8, 4) is 11.8 Å². The highest BCUT2D eigenvalue weighted by molar-refractivity contribution is 5.96. The lowest BCUT2D eigenvalue weighted by atomic mass is 10.1. The summed E-state index contributed by atoms with van der Waals surface area (Å²) >= 11 is 0. The van der Waals surface area contributed by atoms with Crippen molar-refractivity contribution < 1.29 is 19.1 Å². The molecule has 0 aliphatic carbocycles. The van der Waals surface area contributed by atoms with E-state index in [-0.39, 0.29) is 12.2 Å². The van der Waals surface area contributed by atoms with Crippen molar-refractivity contribution in [1.82, 2.24) is 4.90 Å². The minimum Gasteiger partial charge on any atom is -0.489 e. The number of nitrogens with two attached hydrogens (primary N) is 1. The van der Waals surface area contributed by atoms with E-state index < -0.39 is 11.5 Å². The van der Waals surface area contributed by atoms with Gasteiger partial charge in [0.05, 0.1) is 17.2 Å². The second-order valence-electron chi connectivity index (χ2n) is 9.38. The van der Waals surface area contributed by atoms with Crippen LogP contribution in [0.3, 0.4) is 0 Å². The predicted octanol–water partition coefficient (Wildman–Crippen LogP) is 4.56. The van der Waals surface area contributed by atoms with Crippen LogP contribution in [0, 0.1) is 11.3 Å². The first kappa shape index (κ1) is 25.6. The molecule has 0 saturated carbocycles. The maximum atomic E-state index is 12.3. The number of nitrogens with one attached hydrogen (secondary N) is 1. The summed E-state index contributed by atoms with van der Waals surface area (Å²) in [5.74, 6) is -0.138. The first-order valence-electron chi connectivity index (χ1n) is 11.6. The third-order valence-electron chi connectivity index (χ3n) is 5.38. The van der Waals surface area contributed by atoms with Crippen LogP contribution < -0.4 is 15.8 Å². The van der Waals surface area contributed by atoms with E-state index >= 15 is 0 Å². The summed E-state index contributed by atoms with van der Waals surface area (Å²) in [6.45, 7) is 7.10. The first-order chi connectivity index (χ1) is 16.6. The average Bonchev–Trinajstić information content (AvgIpc) is 2.82. The Morgan fingerprint density at radius 2 is 1.94 bits per heavy atom. The Labute approximate surface area is 206 Å². The highest BCUT2D eigenvalue weighted by atomic mass is 16.6. The molecule has 2 aromatic rings. The van der Waals surface area contributed by atoms with Crippen LogP contribution >= 0.6 is 0 Å². The molecule has 1 aliphatic rings. The molecule has 35 heavy (non-hydrogen) atoms. The van der Waals surface area contributed by atoms with Crippen LogP contribution in [0.5, 0.6) is 5.75 Å². The van der Waals surface area contributed by atoms with Crippen molar-refractivity contribution in [3.05, 3.63) is 65.2 Å². The van der Waals surface area contributed by atoms with Gasteiger partial charge in [0.15, 0.2) is 0 Å². The maximum absolute atomic E-state index is 12.3. The van der Waals surface area contributed by atoms with Crippen LogP contribution in [0.2, 0.25) is 0 Å². The zero-order valence-corrected chi connectivity index (χ0v) is 20.4. The van der Waals surface area contributed by atoms with Crippen LogP contribution in [0.4, 0.5) is 10.5 Å². The van der Waals surface area contributed by atoms with Gasteiger partial charge in [0.1, 0.15) is 17.5 Å². The van der Waals surface area contributed by atoms with Crippen molar-refractivity contribution in [3.63, 3.8) is 0 Å². The monoisotopic (exact) mass is 476 g/mol. The normalized spacial score (nSPS) is 14.4. The number of nitrogens with zero attached hydrogens (tertiary/aromatic N) is 2. The smallest absolute Gasteiger partial charge is 0.410 e. The Kier molecular flexibility index (Phi) is 8.37. The molecular formula is C27H32N4O4. The topological polar surface area (TPSA) is 118 Å². The molecule has 1 aliphatic heterocycles. The van der Waals surface area contributed by atoms with Gasteiger partial charge in [-0.1, -0.05) is 24.3 Å². The SMILES string of the molecule is CC(C)(C)OC(=O)N1CCC(Oc2ccc(NCC=Cc3cccc(C#N)c3)cc2C(N)=O)CC1. The molecule has 8 heteroatoms. The highest BCUT2D eigenvalue weighted by Crippen LogP contribution is 2.26. The van der Waals surface area contributed by atoms with E-state index in [0.29, 0.717) is 49.4 Å². The molecule has 0 atom stereocenters. The van der Waals surface area contributed by atoms with E-state index in [0.717, 1.165) is 11.3 Å². The summed E-state index contributed by atoms with van der Waals surface area (Å²) in [5.41, 5.74) is 7.66. The van der Waals surface area contributed by atoms with Gasteiger partial charge < -0.3 is 25.4 Å². The van der Waals surface area contributed by atoms with E-state index in [2.05, 4.69) is 11.4 Å². The van der Waals surface area contributed by atoms with Crippen molar-refractivity contribution in [2.24, 2.45) is 5.73 Å². The largest absolute Gasteiger partial charge is 0.489 e. The van der Waals surface area contributed by atoms with Gasteiger partial charge in [-0.3, -0.25) is 4.79 Å². The van der Waals surface area contributed by atoms with Crippen molar-refractivity contribution >= 4 is 23.8 Å². The first-order valence-corrected chi connectivity index (χ1v) is 11.6. The summed E-state index contributed by atoms with van der Waals surface area (Å²) in [5, 5.41) is 12.2. The van der Waals surface area contributed by atoms with E-state index in [1.807, 2.05) is 57.2 Å². The molecule has 0 spiro atoms. The van der Waals surface area contributed by atoms with Gasteiger partial charge in [0, 0.05) is 38.2 Å². The lowest BCUT2D eigenvalue weighted by Crippen LogP contribution is -2.44. The Morgan fingerprint density at radius 1 is 1.20 bits per heavy atom. The predicted molar refractivity (Wildman–Crippen MR) is 135 cm³/mol. The zero-order valence-electron chi connectivity index (χ0n) is 20.4. The molecule has 1 fully saturated rings. The van der Waals surface area contributed by atoms with E-state index in [4.69, 9.17) is 20.5 Å². The molecule has 0 unspecified atom stereocenters. The number of hydrogen-bond acceptors (Lipinski definition) is 6. The number of piperidine rings is 1. The van der Waals surface area contributed by atoms with Crippen LogP contribution in [-0.4, -0.2) is 48.2 Å². The molecule has 2 amide bonds. The molecular weight excluding hydrogens is 444 g/mol. The fourth-order valence-electron chi connectivity index (χ4n) is 3.68. The second kappa shape index (κ2) is 11.4. The number of nitriles is 1. The summed E-state index contributed by atoms with van der Waals surface area (Å²) in [4.78, 5) is 26.0. The van der Waals surface area contributed by atoms with Gasteiger partial charge in [0.2, 0.25) is 0 Å². The van der Waals surface area contributed by atoms with Crippen LogP contribution in [0.25, 0.3) is 6.08 Å². The molecule has 3 rings (SSSR count). The van der Waals surface area contributed by atoms with Gasteiger partial charge in [-0.25, -0.2) is 4.79 Å². The fraction of sp³-hybridized carbons (Fsp3) is 0.370. The summed E-state index contributed by atoms with van der Waals surface area (Å²) in [7, 11) is 0. The number of hydrogen-bond donors (Lipinski definition) is 2. The van der Waals surface area contributed by atoms with E-state index in [9.17, 15) is 9.59 Å². The number of likely N-dealkylation sites (tertiary alicyclic amines) is 1. The van der Waals surface area contributed by atoms with Crippen LogP contribution in [0.15, 0.2) is 48.5 Å². The van der Waals surface area contributed by atoms with Gasteiger partial charge in [-0.2, -0.15) is 5.26 Å². The summed E-state index contributed by atoms with van der Waals surface area (Å²) < 4.78 is 11.5. The molecule has 8 nitrogen and oxygen atoms in total. The number of carbonyl (C=O) groups is 2.